The highest BCUT2D eigenvalue weighted by Crippen LogP contribution is 2.31. The number of nitrogens with zero attached hydrogens (tertiary/aromatic N) is 2. The maximum atomic E-state index is 5.30. The van der Waals surface area contributed by atoms with Gasteiger partial charge in [-0.1, -0.05) is 6.07 Å². The van der Waals surface area contributed by atoms with E-state index in [2.05, 4.69) is 33.5 Å². The molecule has 1 N–H and O–H groups in total. The molecular weight excluding hydrogens is 286 g/mol. The molecular formula is C11H13N3OS3. The first kappa shape index (κ1) is 12.7. The fourth-order valence-electron chi connectivity index (χ4n) is 1.72. The van der Waals surface area contributed by atoms with Gasteiger partial charge in [-0.2, -0.15) is 4.83 Å². The lowest BCUT2D eigenvalue weighted by molar-refractivity contribution is 0.0290. The molecule has 1 aromatic heterocycles. The van der Waals surface area contributed by atoms with E-state index in [4.69, 9.17) is 4.74 Å². The van der Waals surface area contributed by atoms with Gasteiger partial charge in [0.25, 0.3) is 0 Å². The van der Waals surface area contributed by atoms with Crippen LogP contribution >= 0.6 is 35.9 Å². The summed E-state index contributed by atoms with van der Waals surface area (Å²) in [5.74, 6) is 0. The molecule has 1 aromatic carbocycles. The number of ether oxygens (including phenoxy) is 1. The fraction of sp³-hybridized carbons (Fsp3) is 0.364. The molecule has 96 valence electrons. The highest BCUT2D eigenvalue weighted by molar-refractivity contribution is 7.99. The van der Waals surface area contributed by atoms with E-state index in [0.717, 1.165) is 41.1 Å². The smallest absolute Gasteiger partial charge is 0.167 e. The third kappa shape index (κ3) is 2.81. The summed E-state index contributed by atoms with van der Waals surface area (Å²) < 4.78 is 7.49. The Morgan fingerprint density at radius 2 is 2.22 bits per heavy atom. The molecule has 0 bridgehead atoms. The lowest BCUT2D eigenvalue weighted by Crippen LogP contribution is -2.42. The van der Waals surface area contributed by atoms with E-state index < -0.39 is 0 Å². The number of fused-ring (bicyclic) bond motifs is 1. The lowest BCUT2D eigenvalue weighted by atomic mass is 10.3. The second kappa shape index (κ2) is 5.77. The number of thiol groups is 1. The van der Waals surface area contributed by atoms with Gasteiger partial charge >= 0.3 is 0 Å². The number of rotatable bonds is 3. The van der Waals surface area contributed by atoms with Crippen molar-refractivity contribution in [3.63, 3.8) is 0 Å². The topological polar surface area (TPSA) is 37.4 Å². The number of thiazole rings is 1. The minimum absolute atomic E-state index is 0.786. The van der Waals surface area contributed by atoms with Crippen molar-refractivity contribution < 1.29 is 4.74 Å². The molecule has 2 heterocycles. The molecule has 2 aromatic rings. The number of nitrogens with one attached hydrogen (secondary N) is 1. The molecule has 0 spiro atoms. The Morgan fingerprint density at radius 3 is 3.00 bits per heavy atom. The van der Waals surface area contributed by atoms with Crippen molar-refractivity contribution in [3.8, 4) is 0 Å². The van der Waals surface area contributed by atoms with Crippen LogP contribution in [0.4, 0.5) is 0 Å². The number of para-hydroxylation sites is 1. The van der Waals surface area contributed by atoms with E-state index in [1.807, 2.05) is 12.1 Å². The molecule has 4 nitrogen and oxygen atoms in total. The van der Waals surface area contributed by atoms with E-state index >= 15 is 0 Å². The SMILES string of the molecule is Sc1cccc2sc(SNN3CCOCC3)nc12. The number of hydrogen-bond acceptors (Lipinski definition) is 7. The van der Waals surface area contributed by atoms with Crippen molar-refractivity contribution in [2.45, 2.75) is 9.24 Å². The molecule has 0 amide bonds. The zero-order valence-corrected chi connectivity index (χ0v) is 12.2. The number of benzene rings is 1. The van der Waals surface area contributed by atoms with E-state index in [9.17, 15) is 0 Å². The minimum Gasteiger partial charge on any atom is -0.379 e. The Bertz CT molecular complexity index is 539. The zero-order chi connectivity index (χ0) is 12.4. The van der Waals surface area contributed by atoms with Gasteiger partial charge in [0.1, 0.15) is 0 Å². The summed E-state index contributed by atoms with van der Waals surface area (Å²) >= 11 is 7.66. The second-order valence-electron chi connectivity index (χ2n) is 3.90. The quantitative estimate of drug-likeness (QED) is 0.672. The highest BCUT2D eigenvalue weighted by atomic mass is 32.2. The molecule has 7 heteroatoms. The molecule has 1 saturated heterocycles. The summed E-state index contributed by atoms with van der Waals surface area (Å²) in [5, 5.41) is 2.15. The maximum Gasteiger partial charge on any atom is 0.167 e. The first-order valence-corrected chi connectivity index (χ1v) is 7.74. The third-order valence-electron chi connectivity index (χ3n) is 2.65. The molecule has 0 unspecified atom stereocenters. The van der Waals surface area contributed by atoms with Gasteiger partial charge < -0.3 is 4.74 Å². The van der Waals surface area contributed by atoms with Gasteiger partial charge in [-0.3, -0.25) is 0 Å². The van der Waals surface area contributed by atoms with Crippen LogP contribution in [0, 0.1) is 0 Å². The number of hydrazine groups is 1. The van der Waals surface area contributed by atoms with Crippen molar-refractivity contribution >= 4 is 46.1 Å². The Hall–Kier alpha value is -0.310. The Balaban J connectivity index is 1.69. The number of hydrogen-bond donors (Lipinski definition) is 2. The first-order valence-electron chi connectivity index (χ1n) is 5.66. The van der Waals surface area contributed by atoms with Crippen LogP contribution in [-0.4, -0.2) is 36.3 Å². The van der Waals surface area contributed by atoms with E-state index in [1.165, 1.54) is 4.70 Å². The van der Waals surface area contributed by atoms with Crippen molar-refractivity contribution in [3.05, 3.63) is 18.2 Å². The van der Waals surface area contributed by atoms with Crippen LogP contribution in [0.2, 0.25) is 0 Å². The monoisotopic (exact) mass is 299 g/mol. The summed E-state index contributed by atoms with van der Waals surface area (Å²) in [6.07, 6.45) is 0. The van der Waals surface area contributed by atoms with Gasteiger partial charge in [-0.05, 0) is 12.1 Å². The molecule has 3 rings (SSSR count). The van der Waals surface area contributed by atoms with Gasteiger partial charge in [0.2, 0.25) is 0 Å². The molecule has 0 saturated carbocycles. The molecule has 0 atom stereocenters. The summed E-state index contributed by atoms with van der Waals surface area (Å²) in [6.45, 7) is 3.40. The van der Waals surface area contributed by atoms with E-state index in [0.29, 0.717) is 0 Å². The first-order chi connectivity index (χ1) is 8.83. The van der Waals surface area contributed by atoms with Crippen LogP contribution in [0.15, 0.2) is 27.4 Å². The predicted octanol–water partition coefficient (Wildman–Crippen LogP) is 2.43. The summed E-state index contributed by atoms with van der Waals surface area (Å²) in [7, 11) is 0. The van der Waals surface area contributed by atoms with Crippen molar-refractivity contribution in [2.24, 2.45) is 0 Å². The highest BCUT2D eigenvalue weighted by Gasteiger charge is 2.12. The maximum absolute atomic E-state index is 5.30. The second-order valence-corrected chi connectivity index (χ2v) is 6.44. The molecule has 0 aliphatic carbocycles. The Labute approximate surface area is 119 Å². The van der Waals surface area contributed by atoms with Crippen LogP contribution in [0.5, 0.6) is 0 Å². The van der Waals surface area contributed by atoms with Gasteiger partial charge in [-0.15, -0.1) is 24.0 Å². The average molecular weight is 299 g/mol. The minimum atomic E-state index is 0.786. The molecule has 1 fully saturated rings. The van der Waals surface area contributed by atoms with Crippen molar-refractivity contribution in [1.82, 2.24) is 14.8 Å². The fourth-order valence-corrected chi connectivity index (χ4v) is 3.85. The summed E-state index contributed by atoms with van der Waals surface area (Å²) in [6, 6.07) is 6.05. The normalized spacial score (nSPS) is 17.4. The molecule has 1 aliphatic rings. The lowest BCUT2D eigenvalue weighted by Gasteiger charge is -2.25. The van der Waals surface area contributed by atoms with Crippen LogP contribution in [0.25, 0.3) is 10.2 Å². The van der Waals surface area contributed by atoms with Gasteiger partial charge in [0.15, 0.2) is 4.34 Å². The van der Waals surface area contributed by atoms with Crippen molar-refractivity contribution in [1.29, 1.82) is 0 Å². The third-order valence-corrected chi connectivity index (χ3v) is 4.94. The van der Waals surface area contributed by atoms with Crippen LogP contribution in [0.1, 0.15) is 0 Å². The Morgan fingerprint density at radius 1 is 1.39 bits per heavy atom. The average Bonchev–Trinajstić information content (AvgIpc) is 2.82. The predicted molar refractivity (Wildman–Crippen MR) is 78.3 cm³/mol. The number of aromatic nitrogens is 1. The van der Waals surface area contributed by atoms with Crippen LogP contribution in [0.3, 0.4) is 0 Å². The van der Waals surface area contributed by atoms with E-state index in [-0.39, 0.29) is 0 Å². The van der Waals surface area contributed by atoms with Crippen LogP contribution in [-0.2, 0) is 4.74 Å². The largest absolute Gasteiger partial charge is 0.379 e. The van der Waals surface area contributed by atoms with Crippen LogP contribution < -0.4 is 4.83 Å². The molecule has 1 aliphatic heterocycles. The number of morpholine rings is 1. The van der Waals surface area contributed by atoms with Gasteiger partial charge in [0.05, 0.1) is 23.4 Å². The van der Waals surface area contributed by atoms with Gasteiger partial charge in [-0.25, -0.2) is 9.99 Å². The summed E-state index contributed by atoms with van der Waals surface area (Å²) in [5.41, 5.74) is 0.983. The molecule has 18 heavy (non-hydrogen) atoms. The Kier molecular flexibility index (Phi) is 4.07. The summed E-state index contributed by atoms with van der Waals surface area (Å²) in [4.78, 5) is 8.82. The zero-order valence-electron chi connectivity index (χ0n) is 9.63. The molecule has 0 radical (unpaired) electrons. The van der Waals surface area contributed by atoms with Crippen molar-refractivity contribution in [2.75, 3.05) is 26.3 Å². The standard InChI is InChI=1S/C11H13N3OS3/c16-8-2-1-3-9-10(8)12-11(17-9)18-13-14-4-6-15-7-5-14/h1-3,13,16H,4-7H2. The van der Waals surface area contributed by atoms with Gasteiger partial charge in [0, 0.05) is 29.9 Å². The van der Waals surface area contributed by atoms with E-state index in [1.54, 1.807) is 23.3 Å².